The van der Waals surface area contributed by atoms with Crippen molar-refractivity contribution in [1.29, 1.82) is 0 Å². The van der Waals surface area contributed by atoms with Gasteiger partial charge in [-0.15, -0.1) is 36.2 Å². The average molecular weight is 429 g/mol. The first kappa shape index (κ1) is 21.5. The lowest BCUT2D eigenvalue weighted by Crippen LogP contribution is -2.48. The average Bonchev–Trinajstić information content (AvgIpc) is 2.85. The van der Waals surface area contributed by atoms with Crippen molar-refractivity contribution in [3.05, 3.63) is 39.3 Å². The highest BCUT2D eigenvalue weighted by atomic mass is 35.5. The second-order valence-corrected chi connectivity index (χ2v) is 6.98. The molecule has 2 heterocycles. The Balaban J connectivity index is 0.00000144. The largest absolute Gasteiger partial charge is 0.355 e. The number of thiazole rings is 1. The molecule has 4 nitrogen and oxygen atoms in total. The van der Waals surface area contributed by atoms with Crippen LogP contribution in [0.1, 0.15) is 5.69 Å². The van der Waals surface area contributed by atoms with Gasteiger partial charge in [-0.1, -0.05) is 23.2 Å². The molecule has 0 unspecified atom stereocenters. The Morgan fingerprint density at radius 3 is 2.71 bits per heavy atom. The molecular weight excluding hydrogens is 412 g/mol. The Kier molecular flexibility index (Phi) is 8.77. The Morgan fingerprint density at radius 2 is 2.08 bits per heavy atom. The molecule has 1 aromatic heterocycles. The minimum atomic E-state index is 0. The number of carbonyl (C=O) groups excluding carboxylic acids is 1. The Hall–Kier alpha value is -0.560. The van der Waals surface area contributed by atoms with E-state index in [-0.39, 0.29) is 30.7 Å². The maximum Gasteiger partial charge on any atom is 0.226 e. The Labute approximate surface area is 167 Å². The molecule has 0 aliphatic carbocycles. The summed E-state index contributed by atoms with van der Waals surface area (Å²) in [6.07, 6.45) is 0.294. The smallest absolute Gasteiger partial charge is 0.226 e. The fourth-order valence-electron chi connectivity index (χ4n) is 2.15. The molecule has 1 aliphatic heterocycles. The number of hydrogen-bond donors (Lipinski definition) is 2. The third-order valence-electron chi connectivity index (χ3n) is 3.51. The van der Waals surface area contributed by atoms with E-state index in [0.717, 1.165) is 35.9 Å². The predicted octanol–water partition coefficient (Wildman–Crippen LogP) is 3.84. The number of rotatable bonds is 5. The minimum Gasteiger partial charge on any atom is -0.355 e. The van der Waals surface area contributed by atoms with Gasteiger partial charge in [-0.05, 0) is 18.2 Å². The standard InChI is InChI=1S/C15H15Cl2N3OS.2ClH/c16-10-1-2-12(13(17)3-10)15-20-11(8-22-15)4-14(21)19-7-9-5-18-6-9;;/h1-3,8-9,18H,4-7H2,(H,19,21);2*1H. The number of carbonyl (C=O) groups is 1. The van der Waals surface area contributed by atoms with Crippen molar-refractivity contribution in [2.24, 2.45) is 5.92 Å². The molecule has 1 aromatic carbocycles. The Bertz CT molecular complexity index is 691. The van der Waals surface area contributed by atoms with Crippen molar-refractivity contribution < 1.29 is 4.79 Å². The van der Waals surface area contributed by atoms with E-state index in [0.29, 0.717) is 22.4 Å². The molecule has 0 bridgehead atoms. The van der Waals surface area contributed by atoms with Crippen molar-refractivity contribution in [2.75, 3.05) is 19.6 Å². The molecule has 1 fully saturated rings. The van der Waals surface area contributed by atoms with E-state index in [1.54, 1.807) is 12.1 Å². The zero-order valence-corrected chi connectivity index (χ0v) is 16.5. The summed E-state index contributed by atoms with van der Waals surface area (Å²) in [5.74, 6) is 0.564. The fraction of sp³-hybridized carbons (Fsp3) is 0.333. The van der Waals surface area contributed by atoms with Gasteiger partial charge in [0.1, 0.15) is 5.01 Å². The molecule has 0 saturated carbocycles. The van der Waals surface area contributed by atoms with Gasteiger partial charge < -0.3 is 10.6 Å². The van der Waals surface area contributed by atoms with Crippen LogP contribution in [0.3, 0.4) is 0 Å². The van der Waals surface area contributed by atoms with Crippen LogP contribution < -0.4 is 10.6 Å². The summed E-state index contributed by atoms with van der Waals surface area (Å²) >= 11 is 13.6. The second kappa shape index (κ2) is 9.80. The highest BCUT2D eigenvalue weighted by Crippen LogP contribution is 2.32. The van der Waals surface area contributed by atoms with Crippen LogP contribution in [-0.2, 0) is 11.2 Å². The summed E-state index contributed by atoms with van der Waals surface area (Å²) in [6, 6.07) is 5.32. The number of benzene rings is 1. The van der Waals surface area contributed by atoms with Gasteiger partial charge in [0, 0.05) is 41.5 Å². The van der Waals surface area contributed by atoms with Crippen molar-refractivity contribution in [1.82, 2.24) is 15.6 Å². The summed E-state index contributed by atoms with van der Waals surface area (Å²) in [4.78, 5) is 16.4. The van der Waals surface area contributed by atoms with E-state index in [1.807, 2.05) is 11.4 Å². The molecule has 24 heavy (non-hydrogen) atoms. The van der Waals surface area contributed by atoms with Crippen LogP contribution in [0.2, 0.25) is 10.0 Å². The monoisotopic (exact) mass is 427 g/mol. The highest BCUT2D eigenvalue weighted by molar-refractivity contribution is 7.13. The minimum absolute atomic E-state index is 0. The van der Waals surface area contributed by atoms with Gasteiger partial charge in [0.2, 0.25) is 5.91 Å². The first-order chi connectivity index (χ1) is 10.6. The van der Waals surface area contributed by atoms with Gasteiger partial charge in [-0.3, -0.25) is 4.79 Å². The zero-order chi connectivity index (χ0) is 15.5. The van der Waals surface area contributed by atoms with E-state index >= 15 is 0 Å². The molecule has 3 rings (SSSR count). The molecule has 1 amide bonds. The lowest BCUT2D eigenvalue weighted by molar-refractivity contribution is -0.120. The summed E-state index contributed by atoms with van der Waals surface area (Å²) in [5, 5.41) is 9.98. The second-order valence-electron chi connectivity index (χ2n) is 5.27. The molecule has 9 heteroatoms. The molecule has 0 spiro atoms. The number of nitrogens with zero attached hydrogens (tertiary/aromatic N) is 1. The van der Waals surface area contributed by atoms with Gasteiger partial charge in [0.25, 0.3) is 0 Å². The maximum absolute atomic E-state index is 11.9. The topological polar surface area (TPSA) is 54.0 Å². The Morgan fingerprint density at radius 1 is 1.33 bits per heavy atom. The van der Waals surface area contributed by atoms with Gasteiger partial charge in [-0.25, -0.2) is 4.98 Å². The van der Waals surface area contributed by atoms with Crippen molar-refractivity contribution in [3.63, 3.8) is 0 Å². The molecule has 0 radical (unpaired) electrons. The number of nitrogens with one attached hydrogen (secondary N) is 2. The van der Waals surface area contributed by atoms with Gasteiger partial charge in [0.15, 0.2) is 0 Å². The van der Waals surface area contributed by atoms with Crippen LogP contribution in [-0.4, -0.2) is 30.5 Å². The van der Waals surface area contributed by atoms with Gasteiger partial charge >= 0.3 is 0 Å². The zero-order valence-electron chi connectivity index (χ0n) is 12.6. The van der Waals surface area contributed by atoms with Crippen molar-refractivity contribution in [3.8, 4) is 10.6 Å². The van der Waals surface area contributed by atoms with E-state index in [2.05, 4.69) is 15.6 Å². The molecule has 2 aromatic rings. The van der Waals surface area contributed by atoms with Crippen LogP contribution in [0, 0.1) is 5.92 Å². The SMILES string of the molecule is Cl.Cl.O=C(Cc1csc(-c2ccc(Cl)cc2Cl)n1)NCC1CNC1. The molecule has 0 atom stereocenters. The van der Waals surface area contributed by atoms with Crippen LogP contribution in [0.4, 0.5) is 0 Å². The molecule has 2 N–H and O–H groups in total. The highest BCUT2D eigenvalue weighted by Gasteiger charge is 2.17. The van der Waals surface area contributed by atoms with Crippen LogP contribution in [0.5, 0.6) is 0 Å². The quantitative estimate of drug-likeness (QED) is 0.760. The summed E-state index contributed by atoms with van der Waals surface area (Å²) in [7, 11) is 0. The van der Waals surface area contributed by atoms with E-state index < -0.39 is 0 Å². The lowest BCUT2D eigenvalue weighted by atomic mass is 10.0. The van der Waals surface area contributed by atoms with E-state index in [9.17, 15) is 4.79 Å². The predicted molar refractivity (Wildman–Crippen MR) is 105 cm³/mol. The normalized spacial score (nSPS) is 13.4. The van der Waals surface area contributed by atoms with Crippen LogP contribution in [0.25, 0.3) is 10.6 Å². The van der Waals surface area contributed by atoms with Gasteiger partial charge in [0.05, 0.1) is 17.1 Å². The fourth-order valence-corrected chi connectivity index (χ4v) is 3.57. The van der Waals surface area contributed by atoms with E-state index in [4.69, 9.17) is 23.2 Å². The van der Waals surface area contributed by atoms with E-state index in [1.165, 1.54) is 11.3 Å². The summed E-state index contributed by atoms with van der Waals surface area (Å²) < 4.78 is 0. The van der Waals surface area contributed by atoms with Crippen LogP contribution >= 0.6 is 59.4 Å². The molecule has 1 aliphatic rings. The number of halogens is 4. The molecule has 1 saturated heterocycles. The molecule has 132 valence electrons. The number of aromatic nitrogens is 1. The number of amides is 1. The molecular formula is C15H17Cl4N3OS. The third kappa shape index (κ3) is 5.48. The van der Waals surface area contributed by atoms with Crippen molar-refractivity contribution >= 4 is 65.3 Å². The van der Waals surface area contributed by atoms with Crippen molar-refractivity contribution in [2.45, 2.75) is 6.42 Å². The maximum atomic E-state index is 11.9. The van der Waals surface area contributed by atoms with Gasteiger partial charge in [-0.2, -0.15) is 0 Å². The third-order valence-corrected chi connectivity index (χ3v) is 4.98. The summed E-state index contributed by atoms with van der Waals surface area (Å²) in [5.41, 5.74) is 1.60. The lowest BCUT2D eigenvalue weighted by Gasteiger charge is -2.26. The summed E-state index contributed by atoms with van der Waals surface area (Å²) in [6.45, 7) is 2.69. The van der Waals surface area contributed by atoms with Crippen LogP contribution in [0.15, 0.2) is 23.6 Å². The first-order valence-corrected chi connectivity index (χ1v) is 8.62. The first-order valence-electron chi connectivity index (χ1n) is 6.99. The number of hydrogen-bond acceptors (Lipinski definition) is 4.